The minimum absolute atomic E-state index is 0.109. The molecule has 0 saturated carbocycles. The van der Waals surface area contributed by atoms with Crippen LogP contribution in [-0.4, -0.2) is 24.5 Å². The van der Waals surface area contributed by atoms with Crippen molar-refractivity contribution < 1.29 is 9.53 Å². The molecule has 1 N–H and O–H groups in total. The van der Waals surface area contributed by atoms with Crippen LogP contribution in [0.15, 0.2) is 72.4 Å². The Labute approximate surface area is 167 Å². The normalized spacial score (nSPS) is 10.8. The van der Waals surface area contributed by atoms with E-state index >= 15 is 0 Å². The van der Waals surface area contributed by atoms with Crippen LogP contribution in [0, 0.1) is 0 Å². The van der Waals surface area contributed by atoms with Gasteiger partial charge in [-0.3, -0.25) is 9.78 Å². The van der Waals surface area contributed by atoms with E-state index in [0.717, 1.165) is 28.9 Å². The minimum atomic E-state index is -0.109. The Balaban J connectivity index is 1.44. The number of carbonyl (C=O) groups is 1. The van der Waals surface area contributed by atoms with Gasteiger partial charge in [0, 0.05) is 40.2 Å². The lowest BCUT2D eigenvalue weighted by Crippen LogP contribution is -2.25. The molecule has 0 aliphatic heterocycles. The van der Waals surface area contributed by atoms with Crippen LogP contribution in [0.2, 0.25) is 0 Å². The van der Waals surface area contributed by atoms with Gasteiger partial charge < -0.3 is 10.1 Å². The van der Waals surface area contributed by atoms with Gasteiger partial charge in [-0.1, -0.05) is 30.3 Å². The number of pyridine rings is 1. The second-order valence-corrected chi connectivity index (χ2v) is 7.37. The third kappa shape index (κ3) is 3.89. The number of ether oxygens (including phenoxy) is 1. The zero-order chi connectivity index (χ0) is 19.3. The summed E-state index contributed by atoms with van der Waals surface area (Å²) in [5.41, 5.74) is 3.79. The van der Waals surface area contributed by atoms with Crippen molar-refractivity contribution in [2.45, 2.75) is 6.42 Å². The molecule has 28 heavy (non-hydrogen) atoms. The van der Waals surface area contributed by atoms with Gasteiger partial charge in [0.1, 0.15) is 5.75 Å². The molecule has 4 rings (SSSR count). The van der Waals surface area contributed by atoms with E-state index in [2.05, 4.69) is 27.8 Å². The van der Waals surface area contributed by atoms with E-state index in [0.29, 0.717) is 12.1 Å². The molecule has 2 aromatic heterocycles. The number of amides is 1. The van der Waals surface area contributed by atoms with Gasteiger partial charge in [-0.05, 0) is 41.6 Å². The molecule has 0 fully saturated rings. The highest BCUT2D eigenvalue weighted by Gasteiger charge is 2.11. The first-order valence-electron chi connectivity index (χ1n) is 9.07. The molecular formula is C23H20N2O2S. The van der Waals surface area contributed by atoms with E-state index < -0.39 is 0 Å². The quantitative estimate of drug-likeness (QED) is 0.509. The van der Waals surface area contributed by atoms with Crippen molar-refractivity contribution in [3.8, 4) is 16.9 Å². The Morgan fingerprint density at radius 2 is 1.93 bits per heavy atom. The fraction of sp³-hybridized carbons (Fsp3) is 0.130. The molecule has 0 atom stereocenters. The first kappa shape index (κ1) is 18.2. The largest absolute Gasteiger partial charge is 0.497 e. The molecule has 4 nitrogen and oxygen atoms in total. The topological polar surface area (TPSA) is 51.2 Å². The fourth-order valence-electron chi connectivity index (χ4n) is 3.13. The highest BCUT2D eigenvalue weighted by atomic mass is 32.1. The summed E-state index contributed by atoms with van der Waals surface area (Å²) in [6.07, 6.45) is 4.18. The lowest BCUT2D eigenvalue weighted by Gasteiger charge is -2.07. The zero-order valence-electron chi connectivity index (χ0n) is 15.5. The second kappa shape index (κ2) is 8.23. The second-order valence-electron chi connectivity index (χ2n) is 6.46. The predicted molar refractivity (Wildman–Crippen MR) is 114 cm³/mol. The summed E-state index contributed by atoms with van der Waals surface area (Å²) in [5, 5.41) is 6.28. The van der Waals surface area contributed by atoms with Crippen molar-refractivity contribution in [2.75, 3.05) is 13.7 Å². The summed E-state index contributed by atoms with van der Waals surface area (Å²) in [6, 6.07) is 18.0. The lowest BCUT2D eigenvalue weighted by atomic mass is 10.0. The zero-order valence-corrected chi connectivity index (χ0v) is 16.3. The van der Waals surface area contributed by atoms with Gasteiger partial charge in [-0.2, -0.15) is 0 Å². The summed E-state index contributed by atoms with van der Waals surface area (Å²) >= 11 is 1.70. The molecule has 0 spiro atoms. The van der Waals surface area contributed by atoms with E-state index in [4.69, 9.17) is 4.74 Å². The van der Waals surface area contributed by atoms with Crippen LogP contribution in [0.3, 0.4) is 0 Å². The number of nitrogens with zero attached hydrogens (tertiary/aromatic N) is 1. The molecule has 0 bridgehead atoms. The van der Waals surface area contributed by atoms with Crippen LogP contribution in [-0.2, 0) is 6.42 Å². The minimum Gasteiger partial charge on any atom is -0.497 e. The monoisotopic (exact) mass is 388 g/mol. The Kier molecular flexibility index (Phi) is 5.35. The van der Waals surface area contributed by atoms with Gasteiger partial charge in [0.25, 0.3) is 5.91 Å². The fourth-order valence-corrected chi connectivity index (χ4v) is 4.10. The number of thiophene rings is 1. The summed E-state index contributed by atoms with van der Waals surface area (Å²) in [7, 11) is 1.65. The summed E-state index contributed by atoms with van der Waals surface area (Å²) < 4.78 is 6.39. The van der Waals surface area contributed by atoms with Crippen molar-refractivity contribution >= 4 is 27.3 Å². The summed E-state index contributed by atoms with van der Waals surface area (Å²) in [4.78, 5) is 16.8. The van der Waals surface area contributed by atoms with Gasteiger partial charge >= 0.3 is 0 Å². The number of hydrogen-bond donors (Lipinski definition) is 1. The molecule has 140 valence electrons. The van der Waals surface area contributed by atoms with Crippen molar-refractivity contribution in [3.05, 3.63) is 83.5 Å². The molecular weight excluding hydrogens is 368 g/mol. The van der Waals surface area contributed by atoms with Crippen molar-refractivity contribution in [1.82, 2.24) is 10.3 Å². The lowest BCUT2D eigenvalue weighted by molar-refractivity contribution is 0.0954. The third-order valence-electron chi connectivity index (χ3n) is 4.65. The average molecular weight is 388 g/mol. The van der Waals surface area contributed by atoms with Crippen LogP contribution >= 0.6 is 11.3 Å². The Morgan fingerprint density at radius 3 is 2.75 bits per heavy atom. The molecule has 4 aromatic rings. The molecule has 0 aliphatic rings. The van der Waals surface area contributed by atoms with E-state index in [1.807, 2.05) is 48.7 Å². The van der Waals surface area contributed by atoms with E-state index in [-0.39, 0.29) is 5.91 Å². The van der Waals surface area contributed by atoms with E-state index in [1.165, 1.54) is 10.1 Å². The molecule has 0 radical (unpaired) electrons. The highest BCUT2D eigenvalue weighted by molar-refractivity contribution is 7.17. The molecule has 0 saturated heterocycles. The van der Waals surface area contributed by atoms with Crippen LogP contribution in [0.5, 0.6) is 5.75 Å². The maximum absolute atomic E-state index is 12.6. The number of fused-ring (bicyclic) bond motifs is 1. The Hall–Kier alpha value is -3.18. The maximum Gasteiger partial charge on any atom is 0.252 e. The van der Waals surface area contributed by atoms with Crippen molar-refractivity contribution in [1.29, 1.82) is 0 Å². The number of nitrogens with one attached hydrogen (secondary N) is 1. The molecule has 2 heterocycles. The predicted octanol–water partition coefficient (Wildman–Crippen LogP) is 4.94. The number of hydrogen-bond acceptors (Lipinski definition) is 4. The van der Waals surface area contributed by atoms with Gasteiger partial charge in [-0.15, -0.1) is 11.3 Å². The maximum atomic E-state index is 12.6. The summed E-state index contributed by atoms with van der Waals surface area (Å²) in [5.74, 6) is 0.721. The van der Waals surface area contributed by atoms with Crippen molar-refractivity contribution in [3.63, 3.8) is 0 Å². The molecule has 2 aromatic carbocycles. The molecule has 0 aliphatic carbocycles. The Bertz CT molecular complexity index is 1100. The number of methoxy groups -OCH3 is 1. The Morgan fingerprint density at radius 1 is 1.11 bits per heavy atom. The van der Waals surface area contributed by atoms with Crippen LogP contribution < -0.4 is 10.1 Å². The van der Waals surface area contributed by atoms with Gasteiger partial charge in [0.05, 0.1) is 12.7 Å². The average Bonchev–Trinajstić information content (AvgIpc) is 3.18. The number of benzene rings is 2. The van der Waals surface area contributed by atoms with E-state index in [1.54, 1.807) is 24.6 Å². The third-order valence-corrected chi connectivity index (χ3v) is 5.61. The van der Waals surface area contributed by atoms with Crippen LogP contribution in [0.1, 0.15) is 15.9 Å². The summed E-state index contributed by atoms with van der Waals surface area (Å²) in [6.45, 7) is 0.566. The standard InChI is InChI=1S/C23H20N2O2S/c1-27-19-8-6-16(7-9-19)10-11-25-23(26)18-12-17(13-24-14-18)21-15-28-22-5-3-2-4-20(21)22/h2-9,12-15H,10-11H2,1H3,(H,25,26). The smallest absolute Gasteiger partial charge is 0.252 e. The number of aromatic nitrogens is 1. The first-order valence-corrected chi connectivity index (χ1v) is 9.95. The highest BCUT2D eigenvalue weighted by Crippen LogP contribution is 2.33. The number of rotatable bonds is 6. The number of carbonyl (C=O) groups excluding carboxylic acids is 1. The SMILES string of the molecule is COc1ccc(CCNC(=O)c2cncc(-c3csc4ccccc34)c2)cc1. The van der Waals surface area contributed by atoms with Gasteiger partial charge in [0.15, 0.2) is 0 Å². The molecule has 1 amide bonds. The van der Waals surface area contributed by atoms with Crippen molar-refractivity contribution in [2.24, 2.45) is 0 Å². The van der Waals surface area contributed by atoms with Gasteiger partial charge in [0.2, 0.25) is 0 Å². The molecule has 5 heteroatoms. The van der Waals surface area contributed by atoms with Gasteiger partial charge in [-0.25, -0.2) is 0 Å². The van der Waals surface area contributed by atoms with Crippen LogP contribution in [0.25, 0.3) is 21.2 Å². The van der Waals surface area contributed by atoms with E-state index in [9.17, 15) is 4.79 Å². The first-order chi connectivity index (χ1) is 13.7. The van der Waals surface area contributed by atoms with Crippen LogP contribution in [0.4, 0.5) is 0 Å². The molecule has 0 unspecified atom stereocenters.